The maximum absolute atomic E-state index is 11.8. The van der Waals surface area contributed by atoms with Gasteiger partial charge in [-0.1, -0.05) is 18.2 Å². The Kier molecular flexibility index (Phi) is 2.11. The standard InChI is InChI=1S/C14H12N2O/c1-9-6-7-10(15-9)8-12-11-4-2-3-5-13(11)16-14(12)17/h2-8,15H,1H3,(H,16,17). The molecule has 0 saturated carbocycles. The van der Waals surface area contributed by atoms with E-state index in [4.69, 9.17) is 0 Å². The number of aromatic amines is 1. The molecule has 2 aromatic rings. The Morgan fingerprint density at radius 3 is 2.71 bits per heavy atom. The van der Waals surface area contributed by atoms with Crippen LogP contribution in [0.15, 0.2) is 36.4 Å². The molecule has 0 bridgehead atoms. The molecule has 84 valence electrons. The van der Waals surface area contributed by atoms with E-state index in [2.05, 4.69) is 10.3 Å². The summed E-state index contributed by atoms with van der Waals surface area (Å²) < 4.78 is 0. The lowest BCUT2D eigenvalue weighted by Crippen LogP contribution is -2.03. The highest BCUT2D eigenvalue weighted by Gasteiger charge is 2.23. The molecular formula is C14H12N2O. The number of amides is 1. The third kappa shape index (κ3) is 1.65. The van der Waals surface area contributed by atoms with E-state index in [9.17, 15) is 4.79 Å². The molecule has 1 aliphatic heterocycles. The van der Waals surface area contributed by atoms with Gasteiger partial charge in [-0.25, -0.2) is 0 Å². The fraction of sp³-hybridized carbons (Fsp3) is 0.0714. The number of nitrogens with one attached hydrogen (secondary N) is 2. The van der Waals surface area contributed by atoms with Gasteiger partial charge in [-0.3, -0.25) is 4.79 Å². The van der Waals surface area contributed by atoms with Gasteiger partial charge >= 0.3 is 0 Å². The molecule has 0 unspecified atom stereocenters. The highest BCUT2D eigenvalue weighted by molar-refractivity contribution is 6.34. The Bertz CT molecular complexity index is 623. The normalized spacial score (nSPS) is 16.1. The average Bonchev–Trinajstić information content (AvgIpc) is 2.85. The number of aryl methyl sites for hydroxylation is 1. The summed E-state index contributed by atoms with van der Waals surface area (Å²) in [7, 11) is 0. The van der Waals surface area contributed by atoms with Gasteiger partial charge in [-0.15, -0.1) is 0 Å². The molecule has 3 rings (SSSR count). The largest absolute Gasteiger partial charge is 0.359 e. The van der Waals surface area contributed by atoms with Crippen LogP contribution in [0.25, 0.3) is 11.6 Å². The van der Waals surface area contributed by atoms with Gasteiger partial charge in [0.15, 0.2) is 0 Å². The molecule has 17 heavy (non-hydrogen) atoms. The first-order chi connectivity index (χ1) is 8.24. The molecule has 0 aliphatic carbocycles. The second kappa shape index (κ2) is 3.63. The number of benzene rings is 1. The minimum Gasteiger partial charge on any atom is -0.359 e. The summed E-state index contributed by atoms with van der Waals surface area (Å²) >= 11 is 0. The van der Waals surface area contributed by atoms with Gasteiger partial charge in [-0.2, -0.15) is 0 Å². The van der Waals surface area contributed by atoms with E-state index in [1.54, 1.807) is 0 Å². The van der Waals surface area contributed by atoms with Gasteiger partial charge in [-0.05, 0) is 31.2 Å². The maximum Gasteiger partial charge on any atom is 0.256 e. The second-order valence-corrected chi connectivity index (χ2v) is 4.15. The number of aromatic nitrogens is 1. The molecule has 0 atom stereocenters. The lowest BCUT2D eigenvalue weighted by molar-refractivity contribution is -0.110. The fourth-order valence-electron chi connectivity index (χ4n) is 2.05. The second-order valence-electron chi connectivity index (χ2n) is 4.15. The number of carbonyl (C=O) groups is 1. The van der Waals surface area contributed by atoms with Crippen molar-refractivity contribution in [2.45, 2.75) is 6.92 Å². The molecule has 0 spiro atoms. The number of fused-ring (bicyclic) bond motifs is 1. The monoisotopic (exact) mass is 224 g/mol. The van der Waals surface area contributed by atoms with Gasteiger partial charge < -0.3 is 10.3 Å². The molecule has 0 radical (unpaired) electrons. The van der Waals surface area contributed by atoms with Crippen molar-refractivity contribution in [3.8, 4) is 0 Å². The highest BCUT2D eigenvalue weighted by Crippen LogP contribution is 2.32. The number of para-hydroxylation sites is 1. The lowest BCUT2D eigenvalue weighted by atomic mass is 10.1. The van der Waals surface area contributed by atoms with E-state index in [1.165, 1.54) is 0 Å². The quantitative estimate of drug-likeness (QED) is 0.719. The zero-order valence-corrected chi connectivity index (χ0v) is 9.45. The van der Waals surface area contributed by atoms with Gasteiger partial charge in [0, 0.05) is 22.6 Å². The number of hydrogen-bond acceptors (Lipinski definition) is 1. The molecule has 1 aromatic carbocycles. The average molecular weight is 224 g/mol. The summed E-state index contributed by atoms with van der Waals surface area (Å²) in [5, 5.41) is 2.85. The first-order valence-corrected chi connectivity index (χ1v) is 5.52. The van der Waals surface area contributed by atoms with Crippen molar-refractivity contribution >= 4 is 23.2 Å². The van der Waals surface area contributed by atoms with Crippen molar-refractivity contribution in [3.05, 3.63) is 53.3 Å². The van der Waals surface area contributed by atoms with E-state index in [0.29, 0.717) is 5.57 Å². The number of carbonyl (C=O) groups excluding carboxylic acids is 1. The van der Waals surface area contributed by atoms with Crippen LogP contribution in [-0.2, 0) is 4.79 Å². The van der Waals surface area contributed by atoms with Crippen LogP contribution in [0.4, 0.5) is 5.69 Å². The SMILES string of the molecule is Cc1ccc(C=C2C(=O)Nc3ccccc32)[nH]1. The van der Waals surface area contributed by atoms with Crippen molar-refractivity contribution in [1.82, 2.24) is 4.98 Å². The van der Waals surface area contributed by atoms with E-state index < -0.39 is 0 Å². The van der Waals surface area contributed by atoms with Crippen LogP contribution in [0, 0.1) is 6.92 Å². The molecule has 0 saturated heterocycles. The zero-order valence-electron chi connectivity index (χ0n) is 9.45. The minimum atomic E-state index is -0.0431. The predicted octanol–water partition coefficient (Wildman–Crippen LogP) is 2.82. The molecule has 0 fully saturated rings. The Morgan fingerprint density at radius 1 is 1.12 bits per heavy atom. The van der Waals surface area contributed by atoms with E-state index in [1.807, 2.05) is 49.4 Å². The van der Waals surface area contributed by atoms with Crippen LogP contribution in [0.3, 0.4) is 0 Å². The van der Waals surface area contributed by atoms with Crippen molar-refractivity contribution in [1.29, 1.82) is 0 Å². The Morgan fingerprint density at radius 2 is 1.94 bits per heavy atom. The summed E-state index contributed by atoms with van der Waals surface area (Å²) in [6.07, 6.45) is 1.88. The Labute approximate surface area is 99.2 Å². The summed E-state index contributed by atoms with van der Waals surface area (Å²) in [5.41, 5.74) is 4.59. The predicted molar refractivity (Wildman–Crippen MR) is 68.5 cm³/mol. The van der Waals surface area contributed by atoms with E-state index >= 15 is 0 Å². The molecule has 3 nitrogen and oxygen atoms in total. The van der Waals surface area contributed by atoms with Crippen molar-refractivity contribution in [2.75, 3.05) is 5.32 Å². The van der Waals surface area contributed by atoms with Gasteiger partial charge in [0.1, 0.15) is 0 Å². The van der Waals surface area contributed by atoms with Gasteiger partial charge in [0.05, 0.1) is 5.57 Å². The first kappa shape index (κ1) is 9.90. The first-order valence-electron chi connectivity index (χ1n) is 5.52. The minimum absolute atomic E-state index is 0.0431. The molecule has 2 heterocycles. The van der Waals surface area contributed by atoms with E-state index in [0.717, 1.165) is 22.6 Å². The van der Waals surface area contributed by atoms with Crippen LogP contribution in [0.2, 0.25) is 0 Å². The molecular weight excluding hydrogens is 212 g/mol. The smallest absolute Gasteiger partial charge is 0.256 e. The number of H-pyrrole nitrogens is 1. The third-order valence-corrected chi connectivity index (χ3v) is 2.86. The van der Waals surface area contributed by atoms with Gasteiger partial charge in [0.2, 0.25) is 0 Å². The fourth-order valence-corrected chi connectivity index (χ4v) is 2.05. The summed E-state index contributed by atoms with van der Waals surface area (Å²) in [5.74, 6) is -0.0431. The van der Waals surface area contributed by atoms with Crippen molar-refractivity contribution in [2.24, 2.45) is 0 Å². The lowest BCUT2D eigenvalue weighted by Gasteiger charge is -1.96. The number of anilines is 1. The summed E-state index contributed by atoms with van der Waals surface area (Å²) in [6.45, 7) is 1.99. The van der Waals surface area contributed by atoms with Crippen molar-refractivity contribution in [3.63, 3.8) is 0 Å². The third-order valence-electron chi connectivity index (χ3n) is 2.86. The molecule has 1 aromatic heterocycles. The van der Waals surface area contributed by atoms with Crippen LogP contribution in [0.5, 0.6) is 0 Å². The van der Waals surface area contributed by atoms with Crippen LogP contribution < -0.4 is 5.32 Å². The topological polar surface area (TPSA) is 44.9 Å². The van der Waals surface area contributed by atoms with Crippen molar-refractivity contribution < 1.29 is 4.79 Å². The molecule has 1 amide bonds. The highest BCUT2D eigenvalue weighted by atomic mass is 16.2. The number of hydrogen-bond donors (Lipinski definition) is 2. The zero-order chi connectivity index (χ0) is 11.8. The molecule has 3 heteroatoms. The maximum atomic E-state index is 11.8. The molecule has 1 aliphatic rings. The summed E-state index contributed by atoms with van der Waals surface area (Å²) in [4.78, 5) is 15.0. The summed E-state index contributed by atoms with van der Waals surface area (Å²) in [6, 6.07) is 11.7. The van der Waals surface area contributed by atoms with Crippen LogP contribution in [-0.4, -0.2) is 10.9 Å². The van der Waals surface area contributed by atoms with Crippen LogP contribution in [0.1, 0.15) is 17.0 Å². The Hall–Kier alpha value is -2.29. The van der Waals surface area contributed by atoms with Gasteiger partial charge in [0.25, 0.3) is 5.91 Å². The van der Waals surface area contributed by atoms with E-state index in [-0.39, 0.29) is 5.91 Å². The number of rotatable bonds is 1. The van der Waals surface area contributed by atoms with Crippen LogP contribution >= 0.6 is 0 Å². The Balaban J connectivity index is 2.09. The molecule has 2 N–H and O–H groups in total.